The van der Waals surface area contributed by atoms with Crippen molar-refractivity contribution in [3.63, 3.8) is 0 Å². The predicted octanol–water partition coefficient (Wildman–Crippen LogP) is 3.62. The van der Waals surface area contributed by atoms with Gasteiger partial charge in [-0.3, -0.25) is 0 Å². The van der Waals surface area contributed by atoms with Gasteiger partial charge in [-0.25, -0.2) is 0 Å². The zero-order valence-electron chi connectivity index (χ0n) is 9.33. The second-order valence-corrected chi connectivity index (χ2v) is 4.30. The Morgan fingerprint density at radius 2 is 1.76 bits per heavy atom. The Morgan fingerprint density at radius 3 is 2.24 bits per heavy atom. The van der Waals surface area contributed by atoms with Crippen LogP contribution in [-0.4, -0.2) is 6.61 Å². The summed E-state index contributed by atoms with van der Waals surface area (Å²) in [6.45, 7) is -2.81. The number of rotatable bonds is 3. The van der Waals surface area contributed by atoms with Gasteiger partial charge in [-0.2, -0.15) is 14.0 Å². The van der Waals surface area contributed by atoms with E-state index in [1.165, 1.54) is 12.1 Å². The summed E-state index contributed by atoms with van der Waals surface area (Å²) in [6.07, 6.45) is 3.78. The maximum absolute atomic E-state index is 12.0. The summed E-state index contributed by atoms with van der Waals surface area (Å²) in [7, 11) is 0. The fourth-order valence-corrected chi connectivity index (χ4v) is 2.40. The smallest absolute Gasteiger partial charge is 0.387 e. The molecule has 0 spiro atoms. The SMILES string of the molecule is N#CC1(c2ccc(OC(F)F)cc2)CCCC1. The number of benzene rings is 1. The average Bonchev–Trinajstić information content (AvgIpc) is 2.79. The molecule has 1 aromatic rings. The van der Waals surface area contributed by atoms with Gasteiger partial charge in [0.15, 0.2) is 0 Å². The highest BCUT2D eigenvalue weighted by molar-refractivity contribution is 5.37. The van der Waals surface area contributed by atoms with E-state index in [-0.39, 0.29) is 5.75 Å². The molecule has 0 amide bonds. The molecule has 0 N–H and O–H groups in total. The van der Waals surface area contributed by atoms with Crippen molar-refractivity contribution in [2.24, 2.45) is 0 Å². The Morgan fingerprint density at radius 1 is 1.18 bits per heavy atom. The molecule has 1 saturated carbocycles. The molecule has 4 heteroatoms. The van der Waals surface area contributed by atoms with Gasteiger partial charge in [-0.15, -0.1) is 0 Å². The molecule has 0 aromatic heterocycles. The minimum Gasteiger partial charge on any atom is -0.435 e. The first kappa shape index (κ1) is 11.8. The highest BCUT2D eigenvalue weighted by Crippen LogP contribution is 2.40. The molecule has 1 aliphatic carbocycles. The van der Waals surface area contributed by atoms with Crippen LogP contribution in [0.5, 0.6) is 5.75 Å². The Balaban J connectivity index is 2.20. The van der Waals surface area contributed by atoms with E-state index < -0.39 is 12.0 Å². The summed E-state index contributed by atoms with van der Waals surface area (Å²) < 4.78 is 28.3. The van der Waals surface area contributed by atoms with Crippen molar-refractivity contribution in [1.29, 1.82) is 5.26 Å². The van der Waals surface area contributed by atoms with Crippen LogP contribution in [0.1, 0.15) is 31.2 Å². The van der Waals surface area contributed by atoms with Crippen molar-refractivity contribution in [3.05, 3.63) is 29.8 Å². The lowest BCUT2D eigenvalue weighted by atomic mass is 9.80. The molecule has 1 aromatic carbocycles. The molecule has 1 aliphatic rings. The third-order valence-electron chi connectivity index (χ3n) is 3.30. The van der Waals surface area contributed by atoms with Gasteiger partial charge in [0.25, 0.3) is 0 Å². The van der Waals surface area contributed by atoms with Gasteiger partial charge < -0.3 is 4.74 Å². The summed E-state index contributed by atoms with van der Waals surface area (Å²) >= 11 is 0. The van der Waals surface area contributed by atoms with Crippen molar-refractivity contribution >= 4 is 0 Å². The molecule has 90 valence electrons. The normalized spacial score (nSPS) is 18.0. The van der Waals surface area contributed by atoms with Gasteiger partial charge >= 0.3 is 6.61 Å². The molecule has 0 unspecified atom stereocenters. The van der Waals surface area contributed by atoms with Crippen molar-refractivity contribution in [3.8, 4) is 11.8 Å². The highest BCUT2D eigenvalue weighted by atomic mass is 19.3. The zero-order chi connectivity index (χ0) is 12.3. The van der Waals surface area contributed by atoms with Crippen LogP contribution in [0.2, 0.25) is 0 Å². The molecular weight excluding hydrogens is 224 g/mol. The third-order valence-corrected chi connectivity index (χ3v) is 3.30. The molecule has 2 nitrogen and oxygen atoms in total. The molecule has 0 saturated heterocycles. The van der Waals surface area contributed by atoms with Crippen LogP contribution in [-0.2, 0) is 5.41 Å². The van der Waals surface area contributed by atoms with E-state index in [0.29, 0.717) is 0 Å². The molecule has 0 bridgehead atoms. The topological polar surface area (TPSA) is 33.0 Å². The minimum absolute atomic E-state index is 0.134. The quantitative estimate of drug-likeness (QED) is 0.804. The van der Waals surface area contributed by atoms with E-state index in [0.717, 1.165) is 31.2 Å². The number of nitrogens with zero attached hydrogens (tertiary/aromatic N) is 1. The molecule has 17 heavy (non-hydrogen) atoms. The van der Waals surface area contributed by atoms with Crippen LogP contribution in [0, 0.1) is 11.3 Å². The first-order valence-electron chi connectivity index (χ1n) is 5.63. The molecular formula is C13H13F2NO. The molecule has 2 rings (SSSR count). The molecule has 0 radical (unpaired) electrons. The van der Waals surface area contributed by atoms with Crippen LogP contribution in [0.15, 0.2) is 24.3 Å². The highest BCUT2D eigenvalue weighted by Gasteiger charge is 2.35. The van der Waals surface area contributed by atoms with Crippen LogP contribution < -0.4 is 4.74 Å². The van der Waals surface area contributed by atoms with E-state index >= 15 is 0 Å². The Hall–Kier alpha value is -1.63. The maximum atomic E-state index is 12.0. The number of hydrogen-bond acceptors (Lipinski definition) is 2. The first-order valence-corrected chi connectivity index (χ1v) is 5.63. The summed E-state index contributed by atoms with van der Waals surface area (Å²) in [5.74, 6) is 0.134. The third kappa shape index (κ3) is 2.38. The fraction of sp³-hybridized carbons (Fsp3) is 0.462. The van der Waals surface area contributed by atoms with Crippen molar-refractivity contribution in [2.75, 3.05) is 0 Å². The van der Waals surface area contributed by atoms with Gasteiger partial charge in [-0.05, 0) is 30.5 Å². The van der Waals surface area contributed by atoms with Gasteiger partial charge in [0, 0.05) is 0 Å². The summed E-state index contributed by atoms with van der Waals surface area (Å²) in [6, 6.07) is 8.79. The van der Waals surface area contributed by atoms with Crippen LogP contribution in [0.4, 0.5) is 8.78 Å². The standard InChI is InChI=1S/C13H13F2NO/c14-12(15)17-11-5-3-10(4-6-11)13(9-16)7-1-2-8-13/h3-6,12H,1-2,7-8H2. The summed E-state index contributed by atoms with van der Waals surface area (Å²) in [4.78, 5) is 0. The van der Waals surface area contributed by atoms with Crippen LogP contribution in [0.3, 0.4) is 0 Å². The van der Waals surface area contributed by atoms with E-state index in [1.54, 1.807) is 12.1 Å². The lowest BCUT2D eigenvalue weighted by Gasteiger charge is -2.20. The van der Waals surface area contributed by atoms with Gasteiger partial charge in [0.2, 0.25) is 0 Å². The summed E-state index contributed by atoms with van der Waals surface area (Å²) in [5, 5.41) is 9.28. The zero-order valence-corrected chi connectivity index (χ0v) is 9.33. The van der Waals surface area contributed by atoms with Crippen LogP contribution in [0.25, 0.3) is 0 Å². The first-order chi connectivity index (χ1) is 8.16. The summed E-state index contributed by atoms with van der Waals surface area (Å²) in [5.41, 5.74) is 0.475. The van der Waals surface area contributed by atoms with E-state index in [9.17, 15) is 14.0 Å². The number of nitriles is 1. The second-order valence-electron chi connectivity index (χ2n) is 4.30. The average molecular weight is 237 g/mol. The Bertz CT molecular complexity index is 416. The Labute approximate surface area is 98.8 Å². The van der Waals surface area contributed by atoms with E-state index in [1.807, 2.05) is 0 Å². The number of halogens is 2. The monoisotopic (exact) mass is 237 g/mol. The lowest BCUT2D eigenvalue weighted by Crippen LogP contribution is -2.19. The Kier molecular flexibility index (Phi) is 3.28. The number of alkyl halides is 2. The van der Waals surface area contributed by atoms with E-state index in [2.05, 4.69) is 10.8 Å². The fourth-order valence-electron chi connectivity index (χ4n) is 2.40. The number of hydrogen-bond donors (Lipinski definition) is 0. The van der Waals surface area contributed by atoms with Crippen LogP contribution >= 0.6 is 0 Å². The molecule has 0 heterocycles. The van der Waals surface area contributed by atoms with E-state index in [4.69, 9.17) is 0 Å². The molecule has 0 atom stereocenters. The van der Waals surface area contributed by atoms with Crippen molar-refractivity contribution < 1.29 is 13.5 Å². The van der Waals surface area contributed by atoms with Gasteiger partial charge in [0.05, 0.1) is 11.5 Å². The molecule has 1 fully saturated rings. The van der Waals surface area contributed by atoms with Crippen molar-refractivity contribution in [2.45, 2.75) is 37.7 Å². The second kappa shape index (κ2) is 4.70. The minimum atomic E-state index is -2.81. The maximum Gasteiger partial charge on any atom is 0.387 e. The lowest BCUT2D eigenvalue weighted by molar-refractivity contribution is -0.0498. The number of ether oxygens (including phenoxy) is 1. The molecule has 0 aliphatic heterocycles. The largest absolute Gasteiger partial charge is 0.435 e. The van der Waals surface area contributed by atoms with Gasteiger partial charge in [-0.1, -0.05) is 25.0 Å². The predicted molar refractivity (Wildman–Crippen MR) is 58.8 cm³/mol. The van der Waals surface area contributed by atoms with Gasteiger partial charge in [0.1, 0.15) is 5.75 Å². The van der Waals surface area contributed by atoms with Crippen molar-refractivity contribution in [1.82, 2.24) is 0 Å².